The number of nitrogens with zero attached hydrogens (tertiary/aromatic N) is 2. The molecular formula is C17H15N3O3. The Bertz CT molecular complexity index is 800. The maximum absolute atomic E-state index is 11.1. The molecule has 0 aliphatic heterocycles. The molecule has 0 radical (unpaired) electrons. The zero-order chi connectivity index (χ0) is 16.1. The number of amides is 1. The zero-order valence-corrected chi connectivity index (χ0v) is 12.3. The number of benzene rings is 2. The SMILES string of the molecule is NC(=O)Cc1ccccc1OCc1nnc(-c2ccccc2)o1. The van der Waals surface area contributed by atoms with Crippen LogP contribution >= 0.6 is 0 Å². The summed E-state index contributed by atoms with van der Waals surface area (Å²) in [5.41, 5.74) is 6.81. The second-order valence-corrected chi connectivity index (χ2v) is 4.91. The van der Waals surface area contributed by atoms with Gasteiger partial charge in [0.15, 0.2) is 6.61 Å². The Balaban J connectivity index is 1.70. The highest BCUT2D eigenvalue weighted by molar-refractivity contribution is 5.77. The van der Waals surface area contributed by atoms with Crippen LogP contribution in [-0.4, -0.2) is 16.1 Å². The van der Waals surface area contributed by atoms with E-state index in [2.05, 4.69) is 10.2 Å². The first-order chi connectivity index (χ1) is 11.2. The molecule has 23 heavy (non-hydrogen) atoms. The van der Waals surface area contributed by atoms with E-state index in [9.17, 15) is 4.79 Å². The molecule has 3 aromatic rings. The van der Waals surface area contributed by atoms with Gasteiger partial charge >= 0.3 is 0 Å². The van der Waals surface area contributed by atoms with Crippen LogP contribution in [0.4, 0.5) is 0 Å². The Morgan fingerprint density at radius 2 is 1.78 bits per heavy atom. The average molecular weight is 309 g/mol. The minimum atomic E-state index is -0.412. The largest absolute Gasteiger partial charge is 0.484 e. The smallest absolute Gasteiger partial charge is 0.254 e. The molecule has 2 aromatic carbocycles. The molecule has 6 heteroatoms. The summed E-state index contributed by atoms with van der Waals surface area (Å²) in [5.74, 6) is 0.961. The highest BCUT2D eigenvalue weighted by Gasteiger charge is 2.11. The molecule has 3 rings (SSSR count). The van der Waals surface area contributed by atoms with Gasteiger partial charge in [0, 0.05) is 11.1 Å². The standard InChI is InChI=1S/C17H15N3O3/c18-15(21)10-13-8-4-5-9-14(13)22-11-16-19-20-17(23-16)12-6-2-1-3-7-12/h1-9H,10-11H2,(H2,18,21). The van der Waals surface area contributed by atoms with E-state index in [4.69, 9.17) is 14.9 Å². The molecule has 1 aromatic heterocycles. The summed E-state index contributed by atoms with van der Waals surface area (Å²) in [6, 6.07) is 16.7. The van der Waals surface area contributed by atoms with Crippen molar-refractivity contribution in [1.82, 2.24) is 10.2 Å². The second-order valence-electron chi connectivity index (χ2n) is 4.91. The van der Waals surface area contributed by atoms with E-state index in [0.717, 1.165) is 11.1 Å². The van der Waals surface area contributed by atoms with E-state index in [-0.39, 0.29) is 13.0 Å². The number of para-hydroxylation sites is 1. The number of aromatic nitrogens is 2. The molecule has 0 fully saturated rings. The van der Waals surface area contributed by atoms with Crippen molar-refractivity contribution in [2.75, 3.05) is 0 Å². The Morgan fingerprint density at radius 3 is 2.57 bits per heavy atom. The third kappa shape index (κ3) is 3.74. The van der Waals surface area contributed by atoms with E-state index in [1.54, 1.807) is 12.1 Å². The molecule has 1 amide bonds. The highest BCUT2D eigenvalue weighted by atomic mass is 16.5. The average Bonchev–Trinajstić information content (AvgIpc) is 3.03. The molecule has 0 unspecified atom stereocenters. The summed E-state index contributed by atoms with van der Waals surface area (Å²) < 4.78 is 11.2. The highest BCUT2D eigenvalue weighted by Crippen LogP contribution is 2.21. The lowest BCUT2D eigenvalue weighted by Gasteiger charge is -2.08. The van der Waals surface area contributed by atoms with E-state index in [1.807, 2.05) is 42.5 Å². The number of hydrogen-bond acceptors (Lipinski definition) is 5. The summed E-state index contributed by atoms with van der Waals surface area (Å²) in [6.45, 7) is 0.121. The van der Waals surface area contributed by atoms with Gasteiger partial charge in [0.1, 0.15) is 5.75 Å². The van der Waals surface area contributed by atoms with Gasteiger partial charge < -0.3 is 14.9 Å². The molecule has 0 bridgehead atoms. The first-order valence-electron chi connectivity index (χ1n) is 7.09. The van der Waals surface area contributed by atoms with Crippen LogP contribution in [0, 0.1) is 0 Å². The number of ether oxygens (including phenoxy) is 1. The van der Waals surface area contributed by atoms with Crippen LogP contribution in [0.15, 0.2) is 59.0 Å². The topological polar surface area (TPSA) is 91.2 Å². The first kappa shape index (κ1) is 14.8. The second kappa shape index (κ2) is 6.74. The summed E-state index contributed by atoms with van der Waals surface area (Å²) in [7, 11) is 0. The number of rotatable bonds is 6. The van der Waals surface area contributed by atoms with Crippen molar-refractivity contribution in [3.05, 3.63) is 66.1 Å². The summed E-state index contributed by atoms with van der Waals surface area (Å²) in [5, 5.41) is 7.96. The predicted molar refractivity (Wildman–Crippen MR) is 83.4 cm³/mol. The minimum absolute atomic E-state index is 0.120. The number of nitrogens with two attached hydrogens (primary N) is 1. The van der Waals surface area contributed by atoms with Gasteiger partial charge in [0.05, 0.1) is 6.42 Å². The monoisotopic (exact) mass is 309 g/mol. The fourth-order valence-electron chi connectivity index (χ4n) is 2.13. The quantitative estimate of drug-likeness (QED) is 0.754. The lowest BCUT2D eigenvalue weighted by Crippen LogP contribution is -2.14. The molecule has 0 aliphatic rings. The Morgan fingerprint density at radius 1 is 1.04 bits per heavy atom. The van der Waals surface area contributed by atoms with Crippen LogP contribution < -0.4 is 10.5 Å². The van der Waals surface area contributed by atoms with Crippen LogP contribution in [0.3, 0.4) is 0 Å². The van der Waals surface area contributed by atoms with E-state index < -0.39 is 5.91 Å². The van der Waals surface area contributed by atoms with Crippen LogP contribution in [0.2, 0.25) is 0 Å². The van der Waals surface area contributed by atoms with Crippen molar-refractivity contribution in [2.45, 2.75) is 13.0 Å². The molecular weight excluding hydrogens is 294 g/mol. The van der Waals surface area contributed by atoms with Gasteiger partial charge in [-0.1, -0.05) is 36.4 Å². The third-order valence-electron chi connectivity index (χ3n) is 3.18. The van der Waals surface area contributed by atoms with Crippen LogP contribution in [0.1, 0.15) is 11.5 Å². The predicted octanol–water partition coefficient (Wildman–Crippen LogP) is 2.34. The third-order valence-corrected chi connectivity index (χ3v) is 3.18. The van der Waals surface area contributed by atoms with E-state index in [0.29, 0.717) is 17.5 Å². The van der Waals surface area contributed by atoms with Crippen LogP contribution in [0.5, 0.6) is 5.75 Å². The van der Waals surface area contributed by atoms with Crippen molar-refractivity contribution < 1.29 is 13.9 Å². The maximum atomic E-state index is 11.1. The summed E-state index contributed by atoms with van der Waals surface area (Å²) >= 11 is 0. The molecule has 0 saturated heterocycles. The fourth-order valence-corrected chi connectivity index (χ4v) is 2.13. The molecule has 0 aliphatic carbocycles. The molecule has 1 heterocycles. The number of carbonyl (C=O) groups is 1. The molecule has 6 nitrogen and oxygen atoms in total. The van der Waals surface area contributed by atoms with Crippen LogP contribution in [0.25, 0.3) is 11.5 Å². The lowest BCUT2D eigenvalue weighted by atomic mass is 10.1. The van der Waals surface area contributed by atoms with Gasteiger partial charge in [-0.05, 0) is 18.2 Å². The first-order valence-corrected chi connectivity index (χ1v) is 7.09. The summed E-state index contributed by atoms with van der Waals surface area (Å²) in [4.78, 5) is 11.1. The van der Waals surface area contributed by atoms with Crippen molar-refractivity contribution in [3.8, 4) is 17.2 Å². The van der Waals surface area contributed by atoms with Gasteiger partial charge in [-0.25, -0.2) is 0 Å². The molecule has 0 saturated carbocycles. The molecule has 0 spiro atoms. The molecule has 2 N–H and O–H groups in total. The maximum Gasteiger partial charge on any atom is 0.254 e. The van der Waals surface area contributed by atoms with Gasteiger partial charge in [-0.15, -0.1) is 10.2 Å². The lowest BCUT2D eigenvalue weighted by molar-refractivity contribution is -0.117. The van der Waals surface area contributed by atoms with Gasteiger partial charge in [-0.2, -0.15) is 0 Å². The van der Waals surface area contributed by atoms with Crippen molar-refractivity contribution in [3.63, 3.8) is 0 Å². The number of hydrogen-bond donors (Lipinski definition) is 1. The van der Waals surface area contributed by atoms with Crippen molar-refractivity contribution >= 4 is 5.91 Å². The molecule has 116 valence electrons. The normalized spacial score (nSPS) is 10.4. The summed E-state index contributed by atoms with van der Waals surface area (Å²) in [6.07, 6.45) is 0.120. The van der Waals surface area contributed by atoms with E-state index >= 15 is 0 Å². The van der Waals surface area contributed by atoms with Gasteiger partial charge in [0.25, 0.3) is 5.89 Å². The Hall–Kier alpha value is -3.15. The van der Waals surface area contributed by atoms with Gasteiger partial charge in [0.2, 0.25) is 11.8 Å². The van der Waals surface area contributed by atoms with Crippen LogP contribution in [-0.2, 0) is 17.8 Å². The number of carbonyl (C=O) groups excluding carboxylic acids is 1. The Labute approximate surface area is 132 Å². The molecule has 0 atom stereocenters. The van der Waals surface area contributed by atoms with Crippen molar-refractivity contribution in [2.24, 2.45) is 5.73 Å². The minimum Gasteiger partial charge on any atom is -0.484 e. The van der Waals surface area contributed by atoms with E-state index in [1.165, 1.54) is 0 Å². The fraction of sp³-hybridized carbons (Fsp3) is 0.118. The number of primary amides is 1. The van der Waals surface area contributed by atoms with Gasteiger partial charge in [-0.3, -0.25) is 4.79 Å². The Kier molecular flexibility index (Phi) is 4.33. The zero-order valence-electron chi connectivity index (χ0n) is 12.3. The van der Waals surface area contributed by atoms with Crippen molar-refractivity contribution in [1.29, 1.82) is 0 Å².